The third-order valence-electron chi connectivity index (χ3n) is 6.90. The molecule has 2 aliphatic rings. The summed E-state index contributed by atoms with van der Waals surface area (Å²) < 4.78 is 11.9. The normalized spacial score (nSPS) is 16.1. The maximum Gasteiger partial charge on any atom is 0.230 e. The molecule has 2 aromatic carbocycles. The highest BCUT2D eigenvalue weighted by Crippen LogP contribution is 2.36. The average Bonchev–Trinajstić information content (AvgIpc) is 3.45. The molecule has 1 fully saturated rings. The van der Waals surface area contributed by atoms with Gasteiger partial charge in [0.05, 0.1) is 30.8 Å². The molecule has 7 nitrogen and oxygen atoms in total. The van der Waals surface area contributed by atoms with Crippen molar-refractivity contribution >= 4 is 11.9 Å². The number of methoxy groups -OCH3 is 1. The van der Waals surface area contributed by atoms with E-state index in [2.05, 4.69) is 11.8 Å². The molecule has 0 radical (unpaired) electrons. The lowest BCUT2D eigenvalue weighted by molar-refractivity contribution is -0.133. The summed E-state index contributed by atoms with van der Waals surface area (Å²) in [4.78, 5) is 27.5. The van der Waals surface area contributed by atoms with Crippen molar-refractivity contribution in [1.29, 1.82) is 0 Å². The molecule has 2 aliphatic heterocycles. The lowest BCUT2D eigenvalue weighted by Crippen LogP contribution is -2.39. The molecular formula is C28H32N4O3. The van der Waals surface area contributed by atoms with Crippen molar-refractivity contribution in [2.75, 3.05) is 31.6 Å². The van der Waals surface area contributed by atoms with Crippen molar-refractivity contribution in [3.8, 4) is 17.4 Å². The number of nitrogens with zero attached hydrogens (tertiary/aromatic N) is 4. The monoisotopic (exact) mass is 472 g/mol. The molecular weight excluding hydrogens is 440 g/mol. The fraction of sp³-hybridized carbons (Fsp3) is 0.393. The van der Waals surface area contributed by atoms with Gasteiger partial charge in [-0.2, -0.15) is 4.98 Å². The number of ether oxygens (including phenoxy) is 2. The fourth-order valence-electron chi connectivity index (χ4n) is 4.97. The van der Waals surface area contributed by atoms with Gasteiger partial charge in [0.25, 0.3) is 0 Å². The molecule has 3 aromatic rings. The van der Waals surface area contributed by atoms with Crippen LogP contribution in [0.1, 0.15) is 48.9 Å². The lowest BCUT2D eigenvalue weighted by Gasteiger charge is -2.32. The zero-order chi connectivity index (χ0) is 24.2. The quantitative estimate of drug-likeness (QED) is 0.484. The summed E-state index contributed by atoms with van der Waals surface area (Å²) in [6.45, 7) is 5.04. The van der Waals surface area contributed by atoms with E-state index in [-0.39, 0.29) is 11.8 Å². The van der Waals surface area contributed by atoms with Gasteiger partial charge in [0.2, 0.25) is 17.7 Å². The molecule has 0 spiro atoms. The van der Waals surface area contributed by atoms with Gasteiger partial charge in [0, 0.05) is 26.1 Å². The Morgan fingerprint density at radius 3 is 2.40 bits per heavy atom. The summed E-state index contributed by atoms with van der Waals surface area (Å²) in [5.74, 6) is 2.43. The lowest BCUT2D eigenvalue weighted by atomic mass is 9.94. The first-order valence-electron chi connectivity index (χ1n) is 12.5. The number of benzene rings is 2. The number of hydrogen-bond donors (Lipinski definition) is 0. The number of hydrogen-bond acceptors (Lipinski definition) is 6. The van der Waals surface area contributed by atoms with Gasteiger partial charge in [-0.05, 0) is 37.0 Å². The standard InChI is InChI=1S/C28H32N4O3/c1-3-21(20-11-5-4-6-12-20)27(33)32-18-15-23-22(19-32)26(30-28(29-23)31-16-9-10-17-31)35-25-14-8-7-13-24(25)34-2/h4-8,11-14,21H,3,9-10,15-19H2,1-2H3/t21-/m1/s1. The zero-order valence-corrected chi connectivity index (χ0v) is 20.4. The smallest absolute Gasteiger partial charge is 0.230 e. The van der Waals surface area contributed by atoms with Crippen molar-refractivity contribution in [2.24, 2.45) is 0 Å². The Labute approximate surface area is 206 Å². The van der Waals surface area contributed by atoms with Crippen molar-refractivity contribution in [3.63, 3.8) is 0 Å². The van der Waals surface area contributed by atoms with Gasteiger partial charge in [-0.3, -0.25) is 4.79 Å². The van der Waals surface area contributed by atoms with Gasteiger partial charge < -0.3 is 19.3 Å². The van der Waals surface area contributed by atoms with E-state index in [1.807, 2.05) is 59.5 Å². The molecule has 182 valence electrons. The van der Waals surface area contributed by atoms with Crippen LogP contribution in [0.15, 0.2) is 54.6 Å². The molecule has 1 saturated heterocycles. The number of anilines is 1. The van der Waals surface area contributed by atoms with Crippen LogP contribution in [0.3, 0.4) is 0 Å². The maximum absolute atomic E-state index is 13.6. The van der Waals surface area contributed by atoms with E-state index in [4.69, 9.17) is 19.4 Å². The number of carbonyl (C=O) groups excluding carboxylic acids is 1. The van der Waals surface area contributed by atoms with Crippen LogP contribution in [-0.4, -0.2) is 47.5 Å². The molecule has 3 heterocycles. The second-order valence-corrected chi connectivity index (χ2v) is 9.08. The Kier molecular flexibility index (Phi) is 6.84. The Hall–Kier alpha value is -3.61. The topological polar surface area (TPSA) is 67.8 Å². The fourth-order valence-corrected chi connectivity index (χ4v) is 4.97. The predicted molar refractivity (Wildman–Crippen MR) is 135 cm³/mol. The first-order valence-corrected chi connectivity index (χ1v) is 12.5. The van der Waals surface area contributed by atoms with E-state index in [0.717, 1.165) is 49.2 Å². The van der Waals surface area contributed by atoms with Crippen LogP contribution >= 0.6 is 0 Å². The van der Waals surface area contributed by atoms with Crippen LogP contribution in [0.25, 0.3) is 0 Å². The largest absolute Gasteiger partial charge is 0.493 e. The molecule has 1 aromatic heterocycles. The molecule has 7 heteroatoms. The predicted octanol–water partition coefficient (Wildman–Crippen LogP) is 4.96. The van der Waals surface area contributed by atoms with Crippen LogP contribution in [-0.2, 0) is 17.8 Å². The van der Waals surface area contributed by atoms with E-state index >= 15 is 0 Å². The summed E-state index contributed by atoms with van der Waals surface area (Å²) in [6, 6.07) is 17.6. The Morgan fingerprint density at radius 1 is 0.971 bits per heavy atom. The summed E-state index contributed by atoms with van der Waals surface area (Å²) in [7, 11) is 1.63. The highest BCUT2D eigenvalue weighted by atomic mass is 16.5. The van der Waals surface area contributed by atoms with E-state index in [1.165, 1.54) is 0 Å². The molecule has 1 amide bonds. The number of para-hydroxylation sites is 2. The molecule has 0 saturated carbocycles. The number of rotatable bonds is 7. The summed E-state index contributed by atoms with van der Waals surface area (Å²) >= 11 is 0. The van der Waals surface area contributed by atoms with Crippen LogP contribution in [0, 0.1) is 0 Å². The van der Waals surface area contributed by atoms with E-state index < -0.39 is 0 Å². The molecule has 0 unspecified atom stereocenters. The zero-order valence-electron chi connectivity index (χ0n) is 20.4. The number of fused-ring (bicyclic) bond motifs is 1. The van der Waals surface area contributed by atoms with Crippen LogP contribution in [0.2, 0.25) is 0 Å². The maximum atomic E-state index is 13.6. The van der Waals surface area contributed by atoms with E-state index in [9.17, 15) is 4.79 Å². The van der Waals surface area contributed by atoms with Crippen LogP contribution in [0.5, 0.6) is 17.4 Å². The van der Waals surface area contributed by atoms with Gasteiger partial charge in [-0.1, -0.05) is 49.4 Å². The van der Waals surface area contributed by atoms with Gasteiger partial charge >= 0.3 is 0 Å². The van der Waals surface area contributed by atoms with Gasteiger partial charge in [0.15, 0.2) is 11.5 Å². The number of aromatic nitrogens is 2. The number of carbonyl (C=O) groups is 1. The van der Waals surface area contributed by atoms with Gasteiger partial charge in [0.1, 0.15) is 0 Å². The van der Waals surface area contributed by atoms with E-state index in [0.29, 0.717) is 42.8 Å². The third kappa shape index (κ3) is 4.81. The SMILES string of the molecule is CC[C@@H](C(=O)N1CCc2nc(N3CCCC3)nc(Oc3ccccc3OC)c2C1)c1ccccc1. The minimum Gasteiger partial charge on any atom is -0.493 e. The summed E-state index contributed by atoms with van der Waals surface area (Å²) in [6.07, 6.45) is 3.71. The minimum atomic E-state index is -0.166. The minimum absolute atomic E-state index is 0.135. The first-order chi connectivity index (χ1) is 17.2. The molecule has 5 rings (SSSR count). The third-order valence-corrected chi connectivity index (χ3v) is 6.90. The molecule has 35 heavy (non-hydrogen) atoms. The highest BCUT2D eigenvalue weighted by molar-refractivity contribution is 5.84. The molecule has 1 atom stereocenters. The van der Waals surface area contributed by atoms with Crippen molar-refractivity contribution in [2.45, 2.75) is 45.1 Å². The van der Waals surface area contributed by atoms with Crippen molar-refractivity contribution < 1.29 is 14.3 Å². The second kappa shape index (κ2) is 10.3. The Balaban J connectivity index is 1.48. The van der Waals surface area contributed by atoms with Crippen LogP contribution in [0.4, 0.5) is 5.95 Å². The van der Waals surface area contributed by atoms with Crippen LogP contribution < -0.4 is 14.4 Å². The van der Waals surface area contributed by atoms with Gasteiger partial charge in [-0.15, -0.1) is 0 Å². The molecule has 0 aliphatic carbocycles. The van der Waals surface area contributed by atoms with E-state index in [1.54, 1.807) is 7.11 Å². The highest BCUT2D eigenvalue weighted by Gasteiger charge is 2.31. The van der Waals surface area contributed by atoms with Crippen molar-refractivity contribution in [3.05, 3.63) is 71.4 Å². The average molecular weight is 473 g/mol. The number of amides is 1. The van der Waals surface area contributed by atoms with Crippen molar-refractivity contribution in [1.82, 2.24) is 14.9 Å². The summed E-state index contributed by atoms with van der Waals surface area (Å²) in [5.41, 5.74) is 2.89. The van der Waals surface area contributed by atoms with Gasteiger partial charge in [-0.25, -0.2) is 4.98 Å². The molecule has 0 bridgehead atoms. The summed E-state index contributed by atoms with van der Waals surface area (Å²) in [5, 5.41) is 0. The second-order valence-electron chi connectivity index (χ2n) is 9.08. The Bertz CT molecular complexity index is 1180. The Morgan fingerprint density at radius 2 is 1.69 bits per heavy atom. The molecule has 0 N–H and O–H groups in total. The first kappa shape index (κ1) is 23.1.